The van der Waals surface area contributed by atoms with E-state index in [1.165, 1.54) is 10.5 Å². The third-order valence-corrected chi connectivity index (χ3v) is 4.64. The molecule has 0 radical (unpaired) electrons. The number of carbonyl (C=O) groups excluding carboxylic acids is 2. The van der Waals surface area contributed by atoms with Gasteiger partial charge in [0.2, 0.25) is 5.91 Å². The van der Waals surface area contributed by atoms with Crippen molar-refractivity contribution in [3.05, 3.63) is 42.0 Å². The van der Waals surface area contributed by atoms with Crippen molar-refractivity contribution < 1.29 is 14.3 Å². The van der Waals surface area contributed by atoms with E-state index >= 15 is 0 Å². The number of nitrogens with one attached hydrogen (secondary N) is 1. The highest BCUT2D eigenvalue weighted by atomic mass is 16.5. The van der Waals surface area contributed by atoms with Crippen LogP contribution in [-0.4, -0.2) is 28.9 Å². The molecule has 1 aromatic heterocycles. The lowest BCUT2D eigenvalue weighted by Gasteiger charge is -2.36. The van der Waals surface area contributed by atoms with E-state index in [1.807, 2.05) is 31.2 Å². The number of pyridine rings is 1. The van der Waals surface area contributed by atoms with Gasteiger partial charge in [-0.25, -0.2) is 4.98 Å². The van der Waals surface area contributed by atoms with Crippen molar-refractivity contribution in [1.82, 2.24) is 4.98 Å². The largest absolute Gasteiger partial charge is 0.477 e. The zero-order chi connectivity index (χ0) is 19.6. The maximum Gasteiger partial charge on any atom is 0.270 e. The fraction of sp³-hybridized carbons (Fsp3) is 0.350. The summed E-state index contributed by atoms with van der Waals surface area (Å²) >= 11 is 0. The zero-order valence-electron chi connectivity index (χ0n) is 15.7. The van der Waals surface area contributed by atoms with E-state index in [1.54, 1.807) is 19.1 Å². The van der Waals surface area contributed by atoms with Crippen molar-refractivity contribution in [2.45, 2.75) is 45.8 Å². The van der Waals surface area contributed by atoms with Crippen LogP contribution in [0.15, 0.2) is 36.4 Å². The molecule has 142 valence electrons. The van der Waals surface area contributed by atoms with Crippen LogP contribution in [-0.2, 0) is 16.0 Å². The van der Waals surface area contributed by atoms with Gasteiger partial charge in [0.1, 0.15) is 11.9 Å². The summed E-state index contributed by atoms with van der Waals surface area (Å²) in [6.07, 6.45) is 0.767. The molecule has 1 aliphatic heterocycles. The van der Waals surface area contributed by atoms with Crippen molar-refractivity contribution in [2.75, 3.05) is 16.0 Å². The molecule has 0 saturated carbocycles. The van der Waals surface area contributed by atoms with E-state index in [-0.39, 0.29) is 23.5 Å². The van der Waals surface area contributed by atoms with Gasteiger partial charge in [0, 0.05) is 5.69 Å². The minimum atomic E-state index is -0.769. The van der Waals surface area contributed by atoms with Gasteiger partial charge in [0.25, 0.3) is 5.91 Å². The van der Waals surface area contributed by atoms with Gasteiger partial charge in [-0.3, -0.25) is 14.5 Å². The van der Waals surface area contributed by atoms with E-state index in [4.69, 9.17) is 10.5 Å². The van der Waals surface area contributed by atoms with Crippen molar-refractivity contribution in [3.8, 4) is 5.75 Å². The maximum atomic E-state index is 12.9. The van der Waals surface area contributed by atoms with Crippen LogP contribution in [0.1, 0.15) is 32.8 Å². The van der Waals surface area contributed by atoms with E-state index in [0.717, 1.165) is 6.42 Å². The number of anilines is 3. The molecular weight excluding hydrogens is 344 g/mol. The second kappa shape index (κ2) is 7.65. The number of ether oxygens (including phenoxy) is 1. The Morgan fingerprint density at radius 2 is 1.96 bits per heavy atom. The van der Waals surface area contributed by atoms with Crippen LogP contribution in [0.2, 0.25) is 0 Å². The lowest BCUT2D eigenvalue weighted by molar-refractivity contribution is -0.129. The Labute approximate surface area is 158 Å². The van der Waals surface area contributed by atoms with E-state index < -0.39 is 12.1 Å². The van der Waals surface area contributed by atoms with Gasteiger partial charge < -0.3 is 15.8 Å². The Kier molecular flexibility index (Phi) is 5.30. The van der Waals surface area contributed by atoms with E-state index in [2.05, 4.69) is 17.2 Å². The molecule has 2 heterocycles. The Balaban J connectivity index is 1.87. The van der Waals surface area contributed by atoms with Gasteiger partial charge in [-0.1, -0.05) is 26.0 Å². The van der Waals surface area contributed by atoms with Crippen LogP contribution in [0.25, 0.3) is 0 Å². The van der Waals surface area contributed by atoms with Crippen LogP contribution in [0.3, 0.4) is 0 Å². The molecule has 7 nitrogen and oxygen atoms in total. The molecule has 0 spiro atoms. The van der Waals surface area contributed by atoms with E-state index in [9.17, 15) is 9.59 Å². The van der Waals surface area contributed by atoms with Gasteiger partial charge in [0.15, 0.2) is 17.7 Å². The van der Waals surface area contributed by atoms with E-state index in [0.29, 0.717) is 17.9 Å². The summed E-state index contributed by atoms with van der Waals surface area (Å²) in [5, 5.41) is 2.86. The molecule has 0 bridgehead atoms. The fourth-order valence-corrected chi connectivity index (χ4v) is 3.00. The van der Waals surface area contributed by atoms with Crippen LogP contribution in [0, 0.1) is 0 Å². The minimum Gasteiger partial charge on any atom is -0.477 e. The molecule has 2 aromatic rings. The van der Waals surface area contributed by atoms with Crippen LogP contribution < -0.4 is 20.7 Å². The molecule has 27 heavy (non-hydrogen) atoms. The highest BCUT2D eigenvalue weighted by molar-refractivity contribution is 6.07. The average Bonchev–Trinajstić information content (AvgIpc) is 2.67. The second-order valence-corrected chi connectivity index (χ2v) is 6.50. The van der Waals surface area contributed by atoms with Crippen LogP contribution in [0.4, 0.5) is 17.3 Å². The molecule has 2 amide bonds. The average molecular weight is 368 g/mol. The highest BCUT2D eigenvalue weighted by Crippen LogP contribution is 2.35. The lowest BCUT2D eigenvalue weighted by atomic mass is 10.1. The topological polar surface area (TPSA) is 97.5 Å². The first-order valence-electron chi connectivity index (χ1n) is 9.10. The summed E-state index contributed by atoms with van der Waals surface area (Å²) in [5.41, 5.74) is 7.64. The zero-order valence-corrected chi connectivity index (χ0v) is 15.7. The number of amides is 2. The Morgan fingerprint density at radius 1 is 1.26 bits per heavy atom. The number of carbonyl (C=O) groups is 2. The summed E-state index contributed by atoms with van der Waals surface area (Å²) in [5.74, 6) is 0.371. The summed E-state index contributed by atoms with van der Waals surface area (Å²) < 4.78 is 5.71. The SMILES string of the molecule is CCc1ccc(NC(=O)C(C)N2C(=O)C(CC)Oc3ccc(N)nc32)cc1. The minimum absolute atomic E-state index is 0.257. The molecule has 0 fully saturated rings. The monoisotopic (exact) mass is 368 g/mol. The molecule has 7 heteroatoms. The molecule has 2 unspecified atom stereocenters. The molecule has 1 aliphatic rings. The number of nitrogens with zero attached hydrogens (tertiary/aromatic N) is 2. The number of rotatable bonds is 5. The number of nitrogen functional groups attached to an aromatic ring is 1. The predicted molar refractivity (Wildman–Crippen MR) is 105 cm³/mol. The van der Waals surface area contributed by atoms with Crippen molar-refractivity contribution in [3.63, 3.8) is 0 Å². The number of aromatic nitrogens is 1. The van der Waals surface area contributed by atoms with Gasteiger partial charge >= 0.3 is 0 Å². The normalized spacial score (nSPS) is 17.1. The number of nitrogens with two attached hydrogens (primary N) is 1. The third-order valence-electron chi connectivity index (χ3n) is 4.64. The first kappa shape index (κ1) is 18.7. The van der Waals surface area contributed by atoms with Crippen molar-refractivity contribution in [1.29, 1.82) is 0 Å². The Bertz CT molecular complexity index is 851. The number of hydrogen-bond acceptors (Lipinski definition) is 5. The lowest BCUT2D eigenvalue weighted by Crippen LogP contribution is -2.53. The number of aryl methyl sites for hydroxylation is 1. The van der Waals surface area contributed by atoms with Gasteiger partial charge in [-0.2, -0.15) is 0 Å². The molecular formula is C20H24N4O3. The summed E-state index contributed by atoms with van der Waals surface area (Å²) in [7, 11) is 0. The highest BCUT2D eigenvalue weighted by Gasteiger charge is 2.39. The third kappa shape index (κ3) is 3.72. The first-order valence-corrected chi connectivity index (χ1v) is 9.10. The fourth-order valence-electron chi connectivity index (χ4n) is 3.00. The van der Waals surface area contributed by atoms with Crippen molar-refractivity contribution in [2.24, 2.45) is 0 Å². The van der Waals surface area contributed by atoms with Gasteiger partial charge in [0.05, 0.1) is 0 Å². The maximum absolute atomic E-state index is 12.9. The molecule has 3 rings (SSSR count). The molecule has 0 aliphatic carbocycles. The number of hydrogen-bond donors (Lipinski definition) is 2. The van der Waals surface area contributed by atoms with Crippen LogP contribution in [0.5, 0.6) is 5.75 Å². The summed E-state index contributed by atoms with van der Waals surface area (Å²) in [6.45, 7) is 5.59. The summed E-state index contributed by atoms with van der Waals surface area (Å²) in [4.78, 5) is 31.2. The summed E-state index contributed by atoms with van der Waals surface area (Å²) in [6, 6.07) is 10.1. The first-order chi connectivity index (χ1) is 12.9. The Hall–Kier alpha value is -3.09. The van der Waals surface area contributed by atoms with Crippen molar-refractivity contribution >= 4 is 29.1 Å². The number of benzene rings is 1. The standard InChI is InChI=1S/C20H24N4O3/c1-4-13-6-8-14(9-7-13)22-19(25)12(3)24-18-16(10-11-17(21)23-18)27-15(5-2)20(24)26/h6-12,15H,4-5H2,1-3H3,(H2,21,23)(H,22,25). The second-order valence-electron chi connectivity index (χ2n) is 6.50. The quantitative estimate of drug-likeness (QED) is 0.846. The molecule has 3 N–H and O–H groups in total. The van der Waals surface area contributed by atoms with Gasteiger partial charge in [-0.05, 0) is 49.6 Å². The smallest absolute Gasteiger partial charge is 0.270 e. The Morgan fingerprint density at radius 3 is 2.59 bits per heavy atom. The number of fused-ring (bicyclic) bond motifs is 1. The molecule has 1 aromatic carbocycles. The van der Waals surface area contributed by atoms with Gasteiger partial charge in [-0.15, -0.1) is 0 Å². The predicted octanol–water partition coefficient (Wildman–Crippen LogP) is 2.76. The molecule has 0 saturated heterocycles. The molecule has 2 atom stereocenters. The van der Waals surface area contributed by atoms with Crippen LogP contribution >= 0.6 is 0 Å².